The average molecular weight is 717 g/mol. The van der Waals surface area contributed by atoms with E-state index in [4.69, 9.17) is 4.42 Å². The van der Waals surface area contributed by atoms with Crippen molar-refractivity contribution in [2.24, 2.45) is 0 Å². The highest BCUT2D eigenvalue weighted by atomic mass is 16.3. The average Bonchev–Trinajstić information content (AvgIpc) is 3.87. The van der Waals surface area contributed by atoms with Gasteiger partial charge in [-0.2, -0.15) is 0 Å². The maximum Gasteiger partial charge on any atom is 0.135 e. The first-order chi connectivity index (χ1) is 27.5. The number of para-hydroxylation sites is 2. The number of benzene rings is 9. The molecule has 9 aromatic carbocycles. The van der Waals surface area contributed by atoms with Gasteiger partial charge in [0.1, 0.15) is 11.2 Å². The fraction of sp³-hybridized carbons (Fsp3) is 0.0566. The van der Waals surface area contributed by atoms with E-state index in [0.29, 0.717) is 0 Å². The normalized spacial score (nSPS) is 13.3. The van der Waals surface area contributed by atoms with Crippen LogP contribution in [-0.2, 0) is 5.41 Å². The standard InChI is InChI=1S/C53H36N2O/c1-53(2)45-31-37(54(35-14-4-3-5-15-35)36-24-29-50-44(30-36)43-18-10-11-19-49(43)56-50)22-25-41(45)42-26-23-38(32-46(42)53)55-47-27-20-33-12-6-8-16-39(33)51(47)52-40-17-9-7-13-34(40)21-28-48(52)55/h3-32H,1-2H3. The molecule has 264 valence electrons. The highest BCUT2D eigenvalue weighted by Crippen LogP contribution is 2.52. The van der Waals surface area contributed by atoms with Crippen LogP contribution in [-0.4, -0.2) is 4.57 Å². The van der Waals surface area contributed by atoms with Gasteiger partial charge in [0.15, 0.2) is 0 Å². The number of aromatic nitrogens is 1. The van der Waals surface area contributed by atoms with Crippen molar-refractivity contribution >= 4 is 82.4 Å². The maximum absolute atomic E-state index is 6.22. The molecule has 11 aromatic rings. The van der Waals surface area contributed by atoms with Gasteiger partial charge in [-0.1, -0.05) is 123 Å². The molecule has 2 aromatic heterocycles. The van der Waals surface area contributed by atoms with E-state index in [9.17, 15) is 0 Å². The summed E-state index contributed by atoms with van der Waals surface area (Å²) in [4.78, 5) is 2.37. The lowest BCUT2D eigenvalue weighted by molar-refractivity contribution is 0.660. The van der Waals surface area contributed by atoms with Crippen molar-refractivity contribution < 1.29 is 4.42 Å². The lowest BCUT2D eigenvalue weighted by atomic mass is 9.82. The molecule has 0 unspecified atom stereocenters. The van der Waals surface area contributed by atoms with Crippen molar-refractivity contribution in [1.29, 1.82) is 0 Å². The molecule has 2 heterocycles. The topological polar surface area (TPSA) is 21.3 Å². The predicted molar refractivity (Wildman–Crippen MR) is 235 cm³/mol. The quantitative estimate of drug-likeness (QED) is 0.181. The van der Waals surface area contributed by atoms with E-state index < -0.39 is 0 Å². The fourth-order valence-corrected chi connectivity index (χ4v) is 9.70. The Labute approximate surface area is 324 Å². The summed E-state index contributed by atoms with van der Waals surface area (Å²) in [6.07, 6.45) is 0. The molecule has 3 heteroatoms. The predicted octanol–water partition coefficient (Wildman–Crippen LogP) is 14.8. The van der Waals surface area contributed by atoms with Gasteiger partial charge >= 0.3 is 0 Å². The molecule has 0 fully saturated rings. The second kappa shape index (κ2) is 11.5. The van der Waals surface area contributed by atoms with E-state index in [1.807, 2.05) is 12.1 Å². The van der Waals surface area contributed by atoms with Crippen molar-refractivity contribution in [1.82, 2.24) is 4.57 Å². The summed E-state index contributed by atoms with van der Waals surface area (Å²) in [5.41, 5.74) is 13.8. The number of nitrogens with zero attached hydrogens (tertiary/aromatic N) is 2. The summed E-state index contributed by atoms with van der Waals surface area (Å²) in [5.74, 6) is 0. The molecule has 0 spiro atoms. The fourth-order valence-electron chi connectivity index (χ4n) is 9.70. The third-order valence-corrected chi connectivity index (χ3v) is 12.3. The molecular formula is C53H36N2O. The molecule has 0 amide bonds. The lowest BCUT2D eigenvalue weighted by Crippen LogP contribution is -2.17. The lowest BCUT2D eigenvalue weighted by Gasteiger charge is -2.28. The minimum absolute atomic E-state index is 0.234. The third-order valence-electron chi connectivity index (χ3n) is 12.3. The zero-order chi connectivity index (χ0) is 37.1. The van der Waals surface area contributed by atoms with Gasteiger partial charge < -0.3 is 13.9 Å². The summed E-state index contributed by atoms with van der Waals surface area (Å²) in [6.45, 7) is 4.77. The van der Waals surface area contributed by atoms with Crippen LogP contribution in [0.5, 0.6) is 0 Å². The SMILES string of the molecule is CC1(C)c2cc(N(c3ccccc3)c3ccc4oc5ccccc5c4c3)ccc2-c2ccc(-n3c4ccc5ccccc5c4c4c5ccccc5ccc43)cc21. The second-order valence-corrected chi connectivity index (χ2v) is 15.7. The van der Waals surface area contributed by atoms with E-state index in [0.717, 1.165) is 39.0 Å². The Kier molecular flexibility index (Phi) is 6.40. The van der Waals surface area contributed by atoms with Gasteiger partial charge in [0.2, 0.25) is 0 Å². The van der Waals surface area contributed by atoms with Gasteiger partial charge in [0, 0.05) is 49.7 Å². The Morgan fingerprint density at radius 1 is 0.429 bits per heavy atom. The van der Waals surface area contributed by atoms with Crippen molar-refractivity contribution in [3.05, 3.63) is 193 Å². The Bertz CT molecular complexity index is 3310. The highest BCUT2D eigenvalue weighted by Gasteiger charge is 2.37. The first kappa shape index (κ1) is 31.3. The van der Waals surface area contributed by atoms with Crippen LogP contribution in [0.25, 0.3) is 82.1 Å². The largest absolute Gasteiger partial charge is 0.456 e. The van der Waals surface area contributed by atoms with Crippen LogP contribution < -0.4 is 4.90 Å². The highest BCUT2D eigenvalue weighted by molar-refractivity contribution is 6.28. The van der Waals surface area contributed by atoms with Gasteiger partial charge in [-0.3, -0.25) is 0 Å². The van der Waals surface area contributed by atoms with Crippen LogP contribution in [0, 0.1) is 0 Å². The van der Waals surface area contributed by atoms with Crippen LogP contribution in [0.4, 0.5) is 17.1 Å². The molecule has 0 N–H and O–H groups in total. The van der Waals surface area contributed by atoms with E-state index in [-0.39, 0.29) is 5.41 Å². The summed E-state index contributed by atoms with van der Waals surface area (Å²) < 4.78 is 8.71. The van der Waals surface area contributed by atoms with E-state index in [2.05, 4.69) is 193 Å². The Morgan fingerprint density at radius 3 is 1.70 bits per heavy atom. The smallest absolute Gasteiger partial charge is 0.135 e. The molecule has 0 saturated carbocycles. The molecule has 0 saturated heterocycles. The van der Waals surface area contributed by atoms with Crippen LogP contribution in [0.2, 0.25) is 0 Å². The minimum atomic E-state index is -0.234. The molecule has 0 bridgehead atoms. The number of rotatable bonds is 4. The summed E-state index contributed by atoms with van der Waals surface area (Å²) >= 11 is 0. The first-order valence-corrected chi connectivity index (χ1v) is 19.4. The molecule has 0 atom stereocenters. The van der Waals surface area contributed by atoms with E-state index in [1.165, 1.54) is 71.3 Å². The molecule has 0 aliphatic heterocycles. The molecular weight excluding hydrogens is 681 g/mol. The van der Waals surface area contributed by atoms with Gasteiger partial charge in [-0.05, 0) is 117 Å². The summed E-state index contributed by atoms with van der Waals surface area (Å²) in [6, 6.07) is 66.5. The second-order valence-electron chi connectivity index (χ2n) is 15.7. The van der Waals surface area contributed by atoms with E-state index in [1.54, 1.807) is 0 Å². The van der Waals surface area contributed by atoms with Crippen molar-refractivity contribution in [3.8, 4) is 16.8 Å². The molecule has 0 radical (unpaired) electrons. The monoisotopic (exact) mass is 716 g/mol. The zero-order valence-electron chi connectivity index (χ0n) is 31.1. The Morgan fingerprint density at radius 2 is 0.982 bits per heavy atom. The zero-order valence-corrected chi connectivity index (χ0v) is 31.1. The number of hydrogen-bond donors (Lipinski definition) is 0. The Balaban J connectivity index is 1.03. The van der Waals surface area contributed by atoms with Crippen LogP contribution in [0.3, 0.4) is 0 Å². The van der Waals surface area contributed by atoms with Gasteiger partial charge in [0.25, 0.3) is 0 Å². The maximum atomic E-state index is 6.22. The molecule has 1 aliphatic carbocycles. The van der Waals surface area contributed by atoms with Crippen molar-refractivity contribution in [2.45, 2.75) is 19.3 Å². The molecule has 1 aliphatic rings. The number of fused-ring (bicyclic) bond motifs is 13. The van der Waals surface area contributed by atoms with Crippen LogP contribution in [0.1, 0.15) is 25.0 Å². The number of furan rings is 1. The number of anilines is 3. The molecule has 56 heavy (non-hydrogen) atoms. The minimum Gasteiger partial charge on any atom is -0.456 e. The Hall–Kier alpha value is -7.10. The first-order valence-electron chi connectivity index (χ1n) is 19.4. The van der Waals surface area contributed by atoms with Crippen LogP contribution in [0.15, 0.2) is 186 Å². The third kappa shape index (κ3) is 4.34. The molecule has 3 nitrogen and oxygen atoms in total. The molecule has 12 rings (SSSR count). The van der Waals surface area contributed by atoms with Gasteiger partial charge in [0.05, 0.1) is 11.0 Å². The van der Waals surface area contributed by atoms with Crippen molar-refractivity contribution in [2.75, 3.05) is 4.90 Å². The summed E-state index contributed by atoms with van der Waals surface area (Å²) in [5, 5.41) is 9.96. The van der Waals surface area contributed by atoms with Gasteiger partial charge in [-0.25, -0.2) is 0 Å². The van der Waals surface area contributed by atoms with Gasteiger partial charge in [-0.15, -0.1) is 0 Å². The van der Waals surface area contributed by atoms with Crippen molar-refractivity contribution in [3.63, 3.8) is 0 Å². The van der Waals surface area contributed by atoms with Crippen LogP contribution >= 0.6 is 0 Å². The number of hydrogen-bond acceptors (Lipinski definition) is 2. The summed E-state index contributed by atoms with van der Waals surface area (Å²) in [7, 11) is 0. The van der Waals surface area contributed by atoms with E-state index >= 15 is 0 Å².